The SMILES string of the molecule is Cn1cc(C2=C(c3c4c(n5ccccc35)CCC(N(C=O)OC(C)(C)C)C4)C(=O)NC2=O)c2ccccc21. The Labute approximate surface area is 220 Å². The number of imide groups is 1. The summed E-state index contributed by atoms with van der Waals surface area (Å²) in [5, 5.41) is 4.89. The second kappa shape index (κ2) is 8.70. The number of amides is 3. The van der Waals surface area contributed by atoms with Gasteiger partial charge in [0, 0.05) is 47.2 Å². The summed E-state index contributed by atoms with van der Waals surface area (Å²) in [5.74, 6) is -0.805. The predicted octanol–water partition coefficient (Wildman–Crippen LogP) is 4.04. The molecule has 3 amide bonds. The van der Waals surface area contributed by atoms with E-state index in [1.54, 1.807) is 0 Å². The number of aryl methyl sites for hydroxylation is 2. The molecule has 0 saturated carbocycles. The molecule has 38 heavy (non-hydrogen) atoms. The Bertz CT molecular complexity index is 1670. The summed E-state index contributed by atoms with van der Waals surface area (Å²) in [5.41, 5.74) is 5.60. The lowest BCUT2D eigenvalue weighted by Gasteiger charge is -2.35. The molecule has 1 aromatic carbocycles. The third-order valence-corrected chi connectivity index (χ3v) is 7.40. The van der Waals surface area contributed by atoms with Crippen molar-refractivity contribution in [3.8, 4) is 0 Å². The van der Waals surface area contributed by atoms with Crippen molar-refractivity contribution in [2.45, 2.75) is 51.7 Å². The first-order valence-electron chi connectivity index (χ1n) is 12.9. The highest BCUT2D eigenvalue weighted by molar-refractivity contribution is 6.50. The van der Waals surface area contributed by atoms with Crippen LogP contribution in [-0.2, 0) is 39.1 Å². The molecule has 1 atom stereocenters. The second-order valence-electron chi connectivity index (χ2n) is 11.0. The van der Waals surface area contributed by atoms with Gasteiger partial charge in [0.1, 0.15) is 0 Å². The molecule has 1 aliphatic heterocycles. The van der Waals surface area contributed by atoms with Crippen molar-refractivity contribution in [1.29, 1.82) is 0 Å². The molecule has 194 valence electrons. The van der Waals surface area contributed by atoms with E-state index in [-0.39, 0.29) is 6.04 Å². The smallest absolute Gasteiger partial charge is 0.259 e. The molecule has 1 aliphatic carbocycles. The van der Waals surface area contributed by atoms with E-state index < -0.39 is 17.4 Å². The average molecular weight is 511 g/mol. The van der Waals surface area contributed by atoms with Gasteiger partial charge in [0.15, 0.2) is 0 Å². The van der Waals surface area contributed by atoms with Gasteiger partial charge < -0.3 is 8.97 Å². The summed E-state index contributed by atoms with van der Waals surface area (Å²) < 4.78 is 4.08. The lowest BCUT2D eigenvalue weighted by molar-refractivity contribution is -0.233. The molecular formula is C30H30N4O4. The Morgan fingerprint density at radius 3 is 2.50 bits per heavy atom. The van der Waals surface area contributed by atoms with Gasteiger partial charge in [-0.2, -0.15) is 0 Å². The molecule has 8 nitrogen and oxygen atoms in total. The van der Waals surface area contributed by atoms with Crippen molar-refractivity contribution in [2.75, 3.05) is 0 Å². The zero-order valence-electron chi connectivity index (χ0n) is 21.9. The summed E-state index contributed by atoms with van der Waals surface area (Å²) in [6.45, 7) is 5.72. The first-order valence-corrected chi connectivity index (χ1v) is 12.9. The Balaban J connectivity index is 1.59. The van der Waals surface area contributed by atoms with Crippen molar-refractivity contribution in [1.82, 2.24) is 19.3 Å². The van der Waals surface area contributed by atoms with Crippen molar-refractivity contribution in [2.24, 2.45) is 7.05 Å². The minimum absolute atomic E-state index is 0.197. The van der Waals surface area contributed by atoms with Gasteiger partial charge in [-0.1, -0.05) is 24.3 Å². The van der Waals surface area contributed by atoms with E-state index in [2.05, 4.69) is 9.72 Å². The topological polar surface area (TPSA) is 85.0 Å². The van der Waals surface area contributed by atoms with Crippen molar-refractivity contribution >= 4 is 45.8 Å². The van der Waals surface area contributed by atoms with Crippen LogP contribution in [0.4, 0.5) is 0 Å². The number of carbonyl (C=O) groups is 3. The van der Waals surface area contributed by atoms with Crippen LogP contribution in [0.3, 0.4) is 0 Å². The lowest BCUT2D eigenvalue weighted by Crippen LogP contribution is -2.43. The van der Waals surface area contributed by atoms with Gasteiger partial charge in [0.25, 0.3) is 11.8 Å². The number of pyridine rings is 1. The Morgan fingerprint density at radius 2 is 1.74 bits per heavy atom. The number of rotatable bonds is 5. The molecule has 0 bridgehead atoms. The van der Waals surface area contributed by atoms with E-state index in [0.717, 1.165) is 51.6 Å². The van der Waals surface area contributed by atoms with Crippen LogP contribution in [0.1, 0.15) is 49.6 Å². The largest absolute Gasteiger partial charge is 0.350 e. The molecule has 0 fully saturated rings. The number of hydrogen-bond acceptors (Lipinski definition) is 4. The number of aromatic nitrogens is 2. The summed E-state index contributed by atoms with van der Waals surface area (Å²) >= 11 is 0. The average Bonchev–Trinajstić information content (AvgIpc) is 3.49. The van der Waals surface area contributed by atoms with Gasteiger partial charge in [-0.3, -0.25) is 24.5 Å². The zero-order valence-corrected chi connectivity index (χ0v) is 21.9. The van der Waals surface area contributed by atoms with Crippen LogP contribution < -0.4 is 5.32 Å². The van der Waals surface area contributed by atoms with Gasteiger partial charge in [0.05, 0.1) is 28.3 Å². The van der Waals surface area contributed by atoms with E-state index >= 15 is 0 Å². The van der Waals surface area contributed by atoms with Crippen molar-refractivity contribution in [3.63, 3.8) is 0 Å². The summed E-state index contributed by atoms with van der Waals surface area (Å²) in [6.07, 6.45) is 6.58. The predicted molar refractivity (Wildman–Crippen MR) is 145 cm³/mol. The molecule has 6 rings (SSSR count). The maximum Gasteiger partial charge on any atom is 0.259 e. The molecule has 0 radical (unpaired) electrons. The van der Waals surface area contributed by atoms with E-state index in [1.165, 1.54) is 5.06 Å². The standard InChI is InChI=1S/C30H30N4O4/c1-30(2,3)38-34(17-35)18-12-13-23-20(15-18)25(24-11-7-8-14-33(23)24)27-26(28(36)31-29(27)37)21-16-32(4)22-10-6-5-9-19(21)22/h5-11,14,16-18H,12-13,15H2,1-4H3,(H,31,36,37). The van der Waals surface area contributed by atoms with Crippen molar-refractivity contribution in [3.05, 3.63) is 77.2 Å². The quantitative estimate of drug-likeness (QED) is 0.250. The highest BCUT2D eigenvalue weighted by Crippen LogP contribution is 2.42. The molecule has 4 heterocycles. The van der Waals surface area contributed by atoms with Gasteiger partial charge in [0.2, 0.25) is 6.41 Å². The highest BCUT2D eigenvalue weighted by atomic mass is 16.7. The number of nitrogens with one attached hydrogen (secondary N) is 1. The molecular weight excluding hydrogens is 480 g/mol. The molecule has 3 aromatic heterocycles. The molecule has 1 unspecified atom stereocenters. The Kier molecular flexibility index (Phi) is 5.54. The first kappa shape index (κ1) is 24.2. The summed E-state index contributed by atoms with van der Waals surface area (Å²) in [4.78, 5) is 44.9. The van der Waals surface area contributed by atoms with Crippen LogP contribution in [0, 0.1) is 0 Å². The highest BCUT2D eigenvalue weighted by Gasteiger charge is 2.39. The van der Waals surface area contributed by atoms with Gasteiger partial charge in [-0.15, -0.1) is 0 Å². The molecule has 2 aliphatic rings. The maximum atomic E-state index is 13.5. The van der Waals surface area contributed by atoms with Gasteiger partial charge in [-0.05, 0) is 63.8 Å². The molecule has 0 saturated heterocycles. The minimum atomic E-state index is -0.530. The van der Waals surface area contributed by atoms with Crippen LogP contribution in [0.5, 0.6) is 0 Å². The Morgan fingerprint density at radius 1 is 1.03 bits per heavy atom. The van der Waals surface area contributed by atoms with Crippen LogP contribution in [0.25, 0.3) is 27.6 Å². The fraction of sp³-hybridized carbons (Fsp3) is 0.300. The van der Waals surface area contributed by atoms with E-state index in [0.29, 0.717) is 24.0 Å². The third kappa shape index (κ3) is 3.75. The normalized spacial score (nSPS) is 17.8. The third-order valence-electron chi connectivity index (χ3n) is 7.40. The molecule has 0 spiro atoms. The second-order valence-corrected chi connectivity index (χ2v) is 11.0. The van der Waals surface area contributed by atoms with Crippen LogP contribution in [-0.4, -0.2) is 43.9 Å². The molecule has 8 heteroatoms. The number of carbonyl (C=O) groups excluding carboxylic acids is 3. The number of hydroxylamine groups is 2. The summed E-state index contributed by atoms with van der Waals surface area (Å²) in [7, 11) is 1.93. The lowest BCUT2D eigenvalue weighted by atomic mass is 9.86. The maximum absolute atomic E-state index is 13.5. The van der Waals surface area contributed by atoms with Crippen LogP contribution >= 0.6 is 0 Å². The van der Waals surface area contributed by atoms with Crippen LogP contribution in [0.2, 0.25) is 0 Å². The molecule has 4 aromatic rings. The van der Waals surface area contributed by atoms with Crippen LogP contribution in [0.15, 0.2) is 54.9 Å². The fourth-order valence-electron chi connectivity index (χ4n) is 5.94. The van der Waals surface area contributed by atoms with Gasteiger partial charge >= 0.3 is 0 Å². The van der Waals surface area contributed by atoms with Gasteiger partial charge in [-0.25, -0.2) is 5.06 Å². The minimum Gasteiger partial charge on any atom is -0.350 e. The monoisotopic (exact) mass is 510 g/mol. The number of benzene rings is 1. The number of para-hydroxylation sites is 1. The Hall–Kier alpha value is -4.17. The van der Waals surface area contributed by atoms with Crippen molar-refractivity contribution < 1.29 is 19.2 Å². The first-order chi connectivity index (χ1) is 18.2. The van der Waals surface area contributed by atoms with E-state index in [9.17, 15) is 14.4 Å². The number of fused-ring (bicyclic) bond motifs is 4. The fourth-order valence-corrected chi connectivity index (χ4v) is 5.94. The van der Waals surface area contributed by atoms with E-state index in [4.69, 9.17) is 4.84 Å². The number of hydrogen-bond donors (Lipinski definition) is 1. The number of nitrogens with zero attached hydrogens (tertiary/aromatic N) is 3. The zero-order chi connectivity index (χ0) is 26.8. The summed E-state index contributed by atoms with van der Waals surface area (Å²) in [6, 6.07) is 13.5. The van der Waals surface area contributed by atoms with E-state index in [1.807, 2.05) is 87.2 Å². The molecule has 1 N–H and O–H groups in total.